The van der Waals surface area contributed by atoms with Gasteiger partial charge in [-0.1, -0.05) is 23.2 Å². The molecule has 0 saturated heterocycles. The van der Waals surface area contributed by atoms with Crippen LogP contribution in [-0.2, 0) is 0 Å². The zero-order valence-corrected chi connectivity index (χ0v) is 10.1. The van der Waals surface area contributed by atoms with Crippen molar-refractivity contribution in [1.29, 1.82) is 0 Å². The molecule has 0 saturated carbocycles. The number of aldehydes is 1. The van der Waals surface area contributed by atoms with Gasteiger partial charge in [-0.05, 0) is 18.2 Å². The third-order valence-corrected chi connectivity index (χ3v) is 2.26. The smallest absolute Gasteiger partial charge is 0.180 e. The fourth-order valence-electron chi connectivity index (χ4n) is 1.12. The second-order valence-corrected chi connectivity index (χ2v) is 3.48. The predicted octanol–water partition coefficient (Wildman–Crippen LogP) is 3.29. The molecule has 0 bridgehead atoms. The lowest BCUT2D eigenvalue weighted by atomic mass is 10.2. The maximum atomic E-state index is 10.6. The number of carbonyl (C=O) groups excluding carboxylic acids is 1. The van der Waals surface area contributed by atoms with E-state index in [0.717, 1.165) is 0 Å². The molecule has 1 rings (SSSR count). The van der Waals surface area contributed by atoms with Gasteiger partial charge in [-0.3, -0.25) is 4.79 Å². The Morgan fingerprint density at radius 2 is 2.19 bits per heavy atom. The van der Waals surface area contributed by atoms with E-state index in [1.54, 1.807) is 12.1 Å². The first kappa shape index (κ1) is 12.9. The highest BCUT2D eigenvalue weighted by Gasteiger charge is 2.11. The Kier molecular flexibility index (Phi) is 5.15. The lowest BCUT2D eigenvalue weighted by molar-refractivity contribution is 0.112. The number of rotatable bonds is 5. The van der Waals surface area contributed by atoms with Crippen molar-refractivity contribution < 1.29 is 14.3 Å². The van der Waals surface area contributed by atoms with E-state index in [0.29, 0.717) is 28.4 Å². The molecule has 0 N–H and O–H groups in total. The molecule has 0 spiro atoms. The molecule has 0 aliphatic heterocycles. The van der Waals surface area contributed by atoms with Gasteiger partial charge in [-0.25, -0.2) is 0 Å². The number of ether oxygens (including phenoxy) is 2. The molecule has 3 nitrogen and oxygen atoms in total. The van der Waals surface area contributed by atoms with Crippen molar-refractivity contribution in [1.82, 2.24) is 0 Å². The van der Waals surface area contributed by atoms with Gasteiger partial charge in [0.05, 0.1) is 12.1 Å². The summed E-state index contributed by atoms with van der Waals surface area (Å²) in [6.45, 7) is 0.278. The van der Waals surface area contributed by atoms with E-state index in [4.69, 9.17) is 32.7 Å². The summed E-state index contributed by atoms with van der Waals surface area (Å²) in [5.74, 6) is 0.808. The summed E-state index contributed by atoms with van der Waals surface area (Å²) < 4.78 is 10.4. The Morgan fingerprint density at radius 3 is 2.75 bits per heavy atom. The number of carbonyl (C=O) groups is 1. The van der Waals surface area contributed by atoms with Crippen LogP contribution in [0, 0.1) is 0 Å². The van der Waals surface area contributed by atoms with Crippen LogP contribution in [0.5, 0.6) is 11.5 Å². The van der Waals surface area contributed by atoms with Crippen LogP contribution in [0.25, 0.3) is 0 Å². The van der Waals surface area contributed by atoms with Gasteiger partial charge < -0.3 is 9.47 Å². The highest BCUT2D eigenvalue weighted by Crippen LogP contribution is 2.35. The second kappa shape index (κ2) is 6.40. The molecule has 0 fully saturated rings. The second-order valence-electron chi connectivity index (χ2n) is 2.82. The lowest BCUT2D eigenvalue weighted by Gasteiger charge is -2.11. The van der Waals surface area contributed by atoms with Crippen LogP contribution in [0.15, 0.2) is 23.7 Å². The molecule has 16 heavy (non-hydrogen) atoms. The maximum absolute atomic E-state index is 10.6. The van der Waals surface area contributed by atoms with Crippen molar-refractivity contribution >= 4 is 29.5 Å². The van der Waals surface area contributed by atoms with Gasteiger partial charge in [0, 0.05) is 11.1 Å². The molecule has 86 valence electrons. The number of halogens is 2. The quantitative estimate of drug-likeness (QED) is 0.763. The zero-order valence-electron chi connectivity index (χ0n) is 8.57. The van der Waals surface area contributed by atoms with Gasteiger partial charge in [-0.2, -0.15) is 0 Å². The van der Waals surface area contributed by atoms with Gasteiger partial charge >= 0.3 is 0 Å². The van der Waals surface area contributed by atoms with E-state index in [-0.39, 0.29) is 6.61 Å². The lowest BCUT2D eigenvalue weighted by Crippen LogP contribution is -1.98. The van der Waals surface area contributed by atoms with Gasteiger partial charge in [0.15, 0.2) is 11.5 Å². The van der Waals surface area contributed by atoms with Crippen molar-refractivity contribution in [3.63, 3.8) is 0 Å². The third kappa shape index (κ3) is 3.15. The Bertz CT molecular complexity index is 402. The minimum atomic E-state index is 0.278. The summed E-state index contributed by atoms with van der Waals surface area (Å²) in [6, 6.07) is 3.06. The van der Waals surface area contributed by atoms with E-state index in [2.05, 4.69) is 0 Å². The number of benzene rings is 1. The third-order valence-electron chi connectivity index (χ3n) is 1.80. The molecule has 0 atom stereocenters. The van der Waals surface area contributed by atoms with Crippen molar-refractivity contribution in [3.05, 3.63) is 34.3 Å². The highest BCUT2D eigenvalue weighted by molar-refractivity contribution is 6.32. The van der Waals surface area contributed by atoms with Crippen LogP contribution in [0.2, 0.25) is 5.02 Å². The summed E-state index contributed by atoms with van der Waals surface area (Å²) in [5, 5.41) is 0.324. The topological polar surface area (TPSA) is 35.5 Å². The molecule has 0 unspecified atom stereocenters. The number of methoxy groups -OCH3 is 1. The fraction of sp³-hybridized carbons (Fsp3) is 0.182. The van der Waals surface area contributed by atoms with Gasteiger partial charge in [0.25, 0.3) is 0 Å². The number of hydrogen-bond acceptors (Lipinski definition) is 3. The summed E-state index contributed by atoms with van der Waals surface area (Å²) in [5.41, 5.74) is 1.78. The predicted molar refractivity (Wildman–Crippen MR) is 63.9 cm³/mol. The first-order valence-corrected chi connectivity index (χ1v) is 5.25. The van der Waals surface area contributed by atoms with E-state index >= 15 is 0 Å². The van der Waals surface area contributed by atoms with E-state index < -0.39 is 0 Å². The van der Waals surface area contributed by atoms with Crippen LogP contribution in [0.1, 0.15) is 10.4 Å². The molecule has 0 aliphatic carbocycles. The van der Waals surface area contributed by atoms with Crippen LogP contribution < -0.4 is 9.47 Å². The summed E-state index contributed by atoms with van der Waals surface area (Å²) in [4.78, 5) is 10.6. The van der Waals surface area contributed by atoms with Crippen molar-refractivity contribution in [3.8, 4) is 11.5 Å². The summed E-state index contributed by atoms with van der Waals surface area (Å²) in [7, 11) is 1.48. The Hall–Kier alpha value is -1.19. The van der Waals surface area contributed by atoms with Crippen molar-refractivity contribution in [2.75, 3.05) is 13.7 Å². The van der Waals surface area contributed by atoms with Gasteiger partial charge in [-0.15, -0.1) is 0 Å². The van der Waals surface area contributed by atoms with E-state index in [1.165, 1.54) is 18.7 Å². The molecule has 0 aromatic heterocycles. The molecule has 1 aromatic rings. The normalized spacial score (nSPS) is 10.4. The van der Waals surface area contributed by atoms with Crippen LogP contribution in [0.3, 0.4) is 0 Å². The van der Waals surface area contributed by atoms with E-state index in [1.807, 2.05) is 0 Å². The Balaban J connectivity index is 3.01. The minimum absolute atomic E-state index is 0.278. The summed E-state index contributed by atoms with van der Waals surface area (Å²) >= 11 is 11.3. The molecule has 0 radical (unpaired) electrons. The largest absolute Gasteiger partial charge is 0.493 e. The SMILES string of the molecule is COc1cc(C=O)cc(Cl)c1OC/C=C/Cl. The Morgan fingerprint density at radius 1 is 1.44 bits per heavy atom. The minimum Gasteiger partial charge on any atom is -0.493 e. The number of hydrogen-bond donors (Lipinski definition) is 0. The highest BCUT2D eigenvalue weighted by atomic mass is 35.5. The molecular weight excluding hydrogens is 251 g/mol. The molecule has 0 heterocycles. The van der Waals surface area contributed by atoms with Crippen LogP contribution >= 0.6 is 23.2 Å². The molecule has 0 amide bonds. The molecule has 5 heteroatoms. The van der Waals surface area contributed by atoms with E-state index in [9.17, 15) is 4.79 Å². The van der Waals surface area contributed by atoms with Crippen molar-refractivity contribution in [2.45, 2.75) is 0 Å². The first-order chi connectivity index (χ1) is 7.72. The molecule has 0 aliphatic rings. The average Bonchev–Trinajstić information content (AvgIpc) is 2.30. The van der Waals surface area contributed by atoms with Crippen molar-refractivity contribution in [2.24, 2.45) is 0 Å². The average molecular weight is 261 g/mol. The van der Waals surface area contributed by atoms with Gasteiger partial charge in [0.2, 0.25) is 0 Å². The first-order valence-electron chi connectivity index (χ1n) is 4.43. The summed E-state index contributed by atoms with van der Waals surface area (Å²) in [6.07, 6.45) is 2.31. The molecular formula is C11H10Cl2O3. The maximum Gasteiger partial charge on any atom is 0.180 e. The standard InChI is InChI=1S/C11H10Cl2O3/c1-15-10-6-8(7-14)5-9(13)11(10)16-4-2-3-12/h2-3,5-7H,4H2,1H3/b3-2+. The fourth-order valence-corrected chi connectivity index (χ4v) is 1.46. The molecule has 1 aromatic carbocycles. The van der Waals surface area contributed by atoms with Crippen LogP contribution in [-0.4, -0.2) is 20.0 Å². The zero-order chi connectivity index (χ0) is 12.0. The Labute approximate surface area is 104 Å². The van der Waals surface area contributed by atoms with Crippen LogP contribution in [0.4, 0.5) is 0 Å². The monoisotopic (exact) mass is 260 g/mol. The van der Waals surface area contributed by atoms with Gasteiger partial charge in [0.1, 0.15) is 12.9 Å².